The third kappa shape index (κ3) is 2.56. The zero-order chi connectivity index (χ0) is 14.8. The summed E-state index contributed by atoms with van der Waals surface area (Å²) in [6.45, 7) is 1.95. The molecule has 0 amide bonds. The lowest BCUT2D eigenvalue weighted by Crippen LogP contribution is -2.02. The van der Waals surface area contributed by atoms with Crippen LogP contribution in [0.1, 0.15) is 15.9 Å². The van der Waals surface area contributed by atoms with E-state index < -0.39 is 5.97 Å². The second-order valence-corrected chi connectivity index (χ2v) is 4.74. The normalized spacial score (nSPS) is 10.5. The number of carboxylic acid groups (broad SMARTS) is 1. The maximum atomic E-state index is 11.4. The maximum absolute atomic E-state index is 11.4. The van der Waals surface area contributed by atoms with Crippen molar-refractivity contribution in [2.75, 3.05) is 0 Å². The first-order chi connectivity index (χ1) is 10.1. The van der Waals surface area contributed by atoms with Crippen LogP contribution in [0.3, 0.4) is 0 Å². The van der Waals surface area contributed by atoms with E-state index in [-0.39, 0.29) is 5.56 Å². The molecule has 0 bridgehead atoms. The molecular formula is C17H13NO3. The van der Waals surface area contributed by atoms with Crippen LogP contribution in [0.5, 0.6) is 11.5 Å². The van der Waals surface area contributed by atoms with Crippen LogP contribution in [0.15, 0.2) is 54.7 Å². The van der Waals surface area contributed by atoms with Crippen molar-refractivity contribution in [3.05, 3.63) is 65.9 Å². The van der Waals surface area contributed by atoms with Gasteiger partial charge in [0.15, 0.2) is 5.75 Å². The first kappa shape index (κ1) is 13.1. The molecule has 104 valence electrons. The van der Waals surface area contributed by atoms with Crippen LogP contribution in [0.25, 0.3) is 10.9 Å². The molecule has 0 atom stereocenters. The molecule has 21 heavy (non-hydrogen) atoms. The summed E-state index contributed by atoms with van der Waals surface area (Å²) in [6.07, 6.45) is 1.33. The standard InChI is InChI=1S/C17H13NO3/c1-11-5-4-6-12(9-11)21-16-13-7-2-3-8-15(13)18-10-14(16)17(19)20/h2-10H,1H3,(H,19,20). The van der Waals surface area contributed by atoms with Gasteiger partial charge in [-0.3, -0.25) is 4.98 Å². The molecule has 0 radical (unpaired) electrons. The molecule has 2 aromatic carbocycles. The smallest absolute Gasteiger partial charge is 0.341 e. The fourth-order valence-corrected chi connectivity index (χ4v) is 2.18. The van der Waals surface area contributed by atoms with E-state index in [1.165, 1.54) is 6.20 Å². The van der Waals surface area contributed by atoms with Crippen molar-refractivity contribution in [1.82, 2.24) is 4.98 Å². The number of fused-ring (bicyclic) bond motifs is 1. The Labute approximate surface area is 121 Å². The van der Waals surface area contributed by atoms with Crippen LogP contribution in [0.2, 0.25) is 0 Å². The van der Waals surface area contributed by atoms with E-state index in [1.807, 2.05) is 43.3 Å². The van der Waals surface area contributed by atoms with E-state index >= 15 is 0 Å². The van der Waals surface area contributed by atoms with Crippen molar-refractivity contribution in [1.29, 1.82) is 0 Å². The number of hydrogen-bond acceptors (Lipinski definition) is 3. The van der Waals surface area contributed by atoms with Crippen LogP contribution in [0, 0.1) is 6.92 Å². The molecule has 0 saturated heterocycles. The molecule has 3 aromatic rings. The SMILES string of the molecule is Cc1cccc(Oc2c(C(=O)O)cnc3ccccc23)c1. The van der Waals surface area contributed by atoms with Gasteiger partial charge in [0.2, 0.25) is 0 Å². The number of carbonyl (C=O) groups is 1. The van der Waals surface area contributed by atoms with Crippen LogP contribution in [-0.4, -0.2) is 16.1 Å². The highest BCUT2D eigenvalue weighted by Gasteiger charge is 2.16. The zero-order valence-electron chi connectivity index (χ0n) is 11.4. The van der Waals surface area contributed by atoms with Crippen LogP contribution < -0.4 is 4.74 Å². The van der Waals surface area contributed by atoms with Crippen molar-refractivity contribution < 1.29 is 14.6 Å². The Bertz CT molecular complexity index is 827. The van der Waals surface area contributed by atoms with Crippen molar-refractivity contribution in [3.63, 3.8) is 0 Å². The van der Waals surface area contributed by atoms with Crippen LogP contribution >= 0.6 is 0 Å². The monoisotopic (exact) mass is 279 g/mol. The molecule has 0 aliphatic carbocycles. The van der Waals surface area contributed by atoms with Gasteiger partial charge in [-0.15, -0.1) is 0 Å². The van der Waals surface area contributed by atoms with Gasteiger partial charge in [0.05, 0.1) is 5.52 Å². The first-order valence-corrected chi connectivity index (χ1v) is 6.51. The van der Waals surface area contributed by atoms with E-state index in [9.17, 15) is 9.90 Å². The van der Waals surface area contributed by atoms with Crippen molar-refractivity contribution >= 4 is 16.9 Å². The van der Waals surface area contributed by atoms with Crippen molar-refractivity contribution in [2.45, 2.75) is 6.92 Å². The van der Waals surface area contributed by atoms with E-state index in [0.29, 0.717) is 22.4 Å². The van der Waals surface area contributed by atoms with Gasteiger partial charge in [-0.2, -0.15) is 0 Å². The molecule has 4 heteroatoms. The first-order valence-electron chi connectivity index (χ1n) is 6.51. The Morgan fingerprint density at radius 2 is 1.95 bits per heavy atom. The molecule has 0 aliphatic rings. The van der Waals surface area contributed by atoms with Gasteiger partial charge in [0.25, 0.3) is 0 Å². The van der Waals surface area contributed by atoms with E-state index in [2.05, 4.69) is 4.98 Å². The summed E-state index contributed by atoms with van der Waals surface area (Å²) in [4.78, 5) is 15.6. The number of aromatic carboxylic acids is 1. The Hall–Kier alpha value is -2.88. The van der Waals surface area contributed by atoms with E-state index in [4.69, 9.17) is 4.74 Å². The lowest BCUT2D eigenvalue weighted by molar-refractivity contribution is 0.0694. The zero-order valence-corrected chi connectivity index (χ0v) is 11.4. The lowest BCUT2D eigenvalue weighted by atomic mass is 10.1. The topological polar surface area (TPSA) is 59.4 Å². The number of hydrogen-bond donors (Lipinski definition) is 1. The molecule has 1 heterocycles. The van der Waals surface area contributed by atoms with Gasteiger partial charge < -0.3 is 9.84 Å². The number of aromatic nitrogens is 1. The molecule has 4 nitrogen and oxygen atoms in total. The predicted octanol–water partition coefficient (Wildman–Crippen LogP) is 4.03. The molecular weight excluding hydrogens is 266 g/mol. The average molecular weight is 279 g/mol. The molecule has 0 unspecified atom stereocenters. The number of pyridine rings is 1. The van der Waals surface area contributed by atoms with Crippen molar-refractivity contribution in [2.24, 2.45) is 0 Å². The minimum absolute atomic E-state index is 0.0511. The summed E-state index contributed by atoms with van der Waals surface area (Å²) >= 11 is 0. The fraction of sp³-hybridized carbons (Fsp3) is 0.0588. The highest BCUT2D eigenvalue weighted by Crippen LogP contribution is 2.32. The molecule has 1 N–H and O–H groups in total. The maximum Gasteiger partial charge on any atom is 0.341 e. The molecule has 0 spiro atoms. The highest BCUT2D eigenvalue weighted by molar-refractivity contribution is 5.98. The summed E-state index contributed by atoms with van der Waals surface area (Å²) in [6, 6.07) is 14.8. The van der Waals surface area contributed by atoms with Gasteiger partial charge >= 0.3 is 5.97 Å². The molecule has 1 aromatic heterocycles. The number of aryl methyl sites for hydroxylation is 1. The lowest BCUT2D eigenvalue weighted by Gasteiger charge is -2.11. The average Bonchev–Trinajstić information content (AvgIpc) is 2.47. The van der Waals surface area contributed by atoms with Gasteiger partial charge in [0, 0.05) is 11.6 Å². The molecule has 3 rings (SSSR count). The molecule has 0 aliphatic heterocycles. The van der Waals surface area contributed by atoms with Crippen LogP contribution in [0.4, 0.5) is 0 Å². The summed E-state index contributed by atoms with van der Waals surface area (Å²) in [5.74, 6) is -0.136. The highest BCUT2D eigenvalue weighted by atomic mass is 16.5. The van der Waals surface area contributed by atoms with E-state index in [0.717, 1.165) is 5.56 Å². The Balaban J connectivity index is 2.18. The number of rotatable bonds is 3. The minimum atomic E-state index is -1.06. The van der Waals surface area contributed by atoms with Gasteiger partial charge in [-0.05, 0) is 36.8 Å². The number of carboxylic acids is 1. The summed E-state index contributed by atoms with van der Waals surface area (Å²) in [5.41, 5.74) is 1.79. The third-order valence-corrected chi connectivity index (χ3v) is 3.17. The van der Waals surface area contributed by atoms with Crippen molar-refractivity contribution in [3.8, 4) is 11.5 Å². The van der Waals surface area contributed by atoms with Gasteiger partial charge in [0.1, 0.15) is 11.3 Å². The quantitative estimate of drug-likeness (QED) is 0.786. The van der Waals surface area contributed by atoms with E-state index in [1.54, 1.807) is 12.1 Å². The largest absolute Gasteiger partial charge is 0.477 e. The number of benzene rings is 2. The summed E-state index contributed by atoms with van der Waals surface area (Å²) < 4.78 is 5.84. The Kier molecular flexibility index (Phi) is 3.28. The second kappa shape index (κ2) is 5.25. The molecule has 0 fully saturated rings. The third-order valence-electron chi connectivity index (χ3n) is 3.17. The van der Waals surface area contributed by atoms with Gasteiger partial charge in [-0.1, -0.05) is 24.3 Å². The molecule has 0 saturated carbocycles. The number of ether oxygens (including phenoxy) is 1. The van der Waals surface area contributed by atoms with Crippen LogP contribution in [-0.2, 0) is 0 Å². The number of nitrogens with zero attached hydrogens (tertiary/aromatic N) is 1. The fourth-order valence-electron chi connectivity index (χ4n) is 2.18. The van der Waals surface area contributed by atoms with Gasteiger partial charge in [-0.25, -0.2) is 4.79 Å². The second-order valence-electron chi connectivity index (χ2n) is 4.74. The minimum Gasteiger partial charge on any atom is -0.477 e. The number of para-hydroxylation sites is 1. The summed E-state index contributed by atoms with van der Waals surface area (Å²) in [5, 5.41) is 10.0. The Morgan fingerprint density at radius 3 is 2.71 bits per heavy atom. The summed E-state index contributed by atoms with van der Waals surface area (Å²) in [7, 11) is 0. The Morgan fingerprint density at radius 1 is 1.14 bits per heavy atom. The predicted molar refractivity (Wildman–Crippen MR) is 80.0 cm³/mol.